The molecular formula is C11H17NO2. The predicted octanol–water partition coefficient (Wildman–Crippen LogP) is 2.35. The van der Waals surface area contributed by atoms with Gasteiger partial charge in [0.1, 0.15) is 0 Å². The van der Waals surface area contributed by atoms with Crippen molar-refractivity contribution in [1.29, 1.82) is 0 Å². The summed E-state index contributed by atoms with van der Waals surface area (Å²) in [7, 11) is 1.42. The van der Waals surface area contributed by atoms with Crippen LogP contribution in [0.5, 0.6) is 0 Å². The first-order valence-electron chi connectivity index (χ1n) is 4.84. The van der Waals surface area contributed by atoms with Crippen LogP contribution in [0.25, 0.3) is 0 Å². The van der Waals surface area contributed by atoms with Crippen LogP contribution in [0.15, 0.2) is 23.3 Å². The number of hydrogen-bond donors (Lipinski definition) is 0. The molecule has 0 aromatic carbocycles. The smallest absolute Gasteiger partial charge is 0.409 e. The van der Waals surface area contributed by atoms with Gasteiger partial charge >= 0.3 is 6.09 Å². The molecule has 1 amide bonds. The van der Waals surface area contributed by atoms with Gasteiger partial charge in [0, 0.05) is 13.1 Å². The second-order valence-corrected chi connectivity index (χ2v) is 3.38. The summed E-state index contributed by atoms with van der Waals surface area (Å²) in [6.07, 6.45) is 4.93. The largest absolute Gasteiger partial charge is 0.453 e. The Labute approximate surface area is 85.0 Å². The van der Waals surface area contributed by atoms with E-state index in [-0.39, 0.29) is 6.09 Å². The summed E-state index contributed by atoms with van der Waals surface area (Å²) in [6.45, 7) is 5.50. The molecule has 0 aliphatic carbocycles. The van der Waals surface area contributed by atoms with Crippen molar-refractivity contribution in [3.8, 4) is 0 Å². The number of nitrogens with zero attached hydrogens (tertiary/aromatic N) is 1. The van der Waals surface area contributed by atoms with Crippen LogP contribution < -0.4 is 0 Å². The van der Waals surface area contributed by atoms with E-state index >= 15 is 0 Å². The van der Waals surface area contributed by atoms with Crippen molar-refractivity contribution in [1.82, 2.24) is 4.90 Å². The van der Waals surface area contributed by atoms with E-state index in [2.05, 4.69) is 19.1 Å². The molecule has 1 aliphatic heterocycles. The number of allylic oxidation sites excluding steroid dienone is 1. The monoisotopic (exact) mass is 195 g/mol. The lowest BCUT2D eigenvalue weighted by Gasteiger charge is -2.26. The molecule has 0 N–H and O–H groups in total. The Bertz CT molecular complexity index is 279. The molecule has 78 valence electrons. The van der Waals surface area contributed by atoms with E-state index in [1.54, 1.807) is 4.90 Å². The Balaban J connectivity index is 2.67. The third-order valence-corrected chi connectivity index (χ3v) is 2.52. The number of carbonyl (C=O) groups excluding carboxylic acids is 1. The minimum atomic E-state index is -0.237. The highest BCUT2D eigenvalue weighted by Crippen LogP contribution is 2.17. The van der Waals surface area contributed by atoms with Gasteiger partial charge in [0.15, 0.2) is 0 Å². The van der Waals surface area contributed by atoms with E-state index in [0.29, 0.717) is 6.54 Å². The molecule has 0 aromatic heterocycles. The minimum Gasteiger partial charge on any atom is -0.453 e. The van der Waals surface area contributed by atoms with Crippen LogP contribution in [-0.4, -0.2) is 31.2 Å². The summed E-state index contributed by atoms with van der Waals surface area (Å²) in [5, 5.41) is 0. The van der Waals surface area contributed by atoms with Crippen molar-refractivity contribution < 1.29 is 9.53 Å². The fraction of sp³-hybridized carbons (Fsp3) is 0.545. The molecule has 0 aromatic rings. The van der Waals surface area contributed by atoms with Gasteiger partial charge in [0.25, 0.3) is 0 Å². The fourth-order valence-corrected chi connectivity index (χ4v) is 1.50. The molecule has 1 heterocycles. The molecule has 0 fully saturated rings. The van der Waals surface area contributed by atoms with Gasteiger partial charge in [-0.1, -0.05) is 17.7 Å². The zero-order valence-electron chi connectivity index (χ0n) is 9.04. The third kappa shape index (κ3) is 2.37. The molecule has 3 heteroatoms. The summed E-state index contributed by atoms with van der Waals surface area (Å²) in [5.41, 5.74) is 2.46. The van der Waals surface area contributed by atoms with Crippen molar-refractivity contribution in [2.75, 3.05) is 20.2 Å². The van der Waals surface area contributed by atoms with E-state index in [4.69, 9.17) is 4.74 Å². The van der Waals surface area contributed by atoms with Gasteiger partial charge in [-0.25, -0.2) is 4.79 Å². The number of methoxy groups -OCH3 is 1. The van der Waals surface area contributed by atoms with Gasteiger partial charge in [-0.3, -0.25) is 0 Å². The van der Waals surface area contributed by atoms with Crippen LogP contribution in [0.2, 0.25) is 0 Å². The van der Waals surface area contributed by atoms with Crippen molar-refractivity contribution in [2.45, 2.75) is 20.3 Å². The van der Waals surface area contributed by atoms with Crippen LogP contribution in [0.1, 0.15) is 20.3 Å². The van der Waals surface area contributed by atoms with Gasteiger partial charge in [-0.05, 0) is 25.8 Å². The minimum absolute atomic E-state index is 0.237. The van der Waals surface area contributed by atoms with Crippen LogP contribution in [0.3, 0.4) is 0 Å². The maximum atomic E-state index is 11.3. The van der Waals surface area contributed by atoms with E-state index < -0.39 is 0 Å². The molecule has 3 nitrogen and oxygen atoms in total. The van der Waals surface area contributed by atoms with Crippen LogP contribution in [-0.2, 0) is 4.74 Å². The lowest BCUT2D eigenvalue weighted by atomic mass is 10.0. The highest BCUT2D eigenvalue weighted by atomic mass is 16.5. The molecule has 1 aliphatic rings. The lowest BCUT2D eigenvalue weighted by molar-refractivity contribution is 0.126. The van der Waals surface area contributed by atoms with Gasteiger partial charge in [0.2, 0.25) is 0 Å². The summed E-state index contributed by atoms with van der Waals surface area (Å²) < 4.78 is 4.69. The van der Waals surface area contributed by atoms with Crippen molar-refractivity contribution in [3.05, 3.63) is 23.3 Å². The summed E-state index contributed by atoms with van der Waals surface area (Å²) >= 11 is 0. The van der Waals surface area contributed by atoms with Gasteiger partial charge in [-0.15, -0.1) is 0 Å². The molecule has 0 spiro atoms. The number of carbonyl (C=O) groups is 1. The molecule has 0 saturated carbocycles. The molecule has 0 radical (unpaired) electrons. The number of amides is 1. The maximum Gasteiger partial charge on any atom is 0.409 e. The summed E-state index contributed by atoms with van der Waals surface area (Å²) in [5.74, 6) is 0. The average molecular weight is 195 g/mol. The first kappa shape index (κ1) is 10.8. The molecular weight excluding hydrogens is 178 g/mol. The SMILES string of the molecule is C/C=C(/C)C1=CCCN(C(=O)OC)C1. The number of hydrogen-bond acceptors (Lipinski definition) is 2. The third-order valence-electron chi connectivity index (χ3n) is 2.52. The topological polar surface area (TPSA) is 29.5 Å². The summed E-state index contributed by atoms with van der Waals surface area (Å²) in [6, 6.07) is 0. The van der Waals surface area contributed by atoms with E-state index in [1.807, 2.05) is 6.92 Å². The van der Waals surface area contributed by atoms with Crippen LogP contribution >= 0.6 is 0 Å². The van der Waals surface area contributed by atoms with Crippen molar-refractivity contribution in [2.24, 2.45) is 0 Å². The lowest BCUT2D eigenvalue weighted by Crippen LogP contribution is -2.35. The predicted molar refractivity (Wildman–Crippen MR) is 56.1 cm³/mol. The number of ether oxygens (including phenoxy) is 1. The van der Waals surface area contributed by atoms with Gasteiger partial charge in [-0.2, -0.15) is 0 Å². The van der Waals surface area contributed by atoms with Crippen molar-refractivity contribution >= 4 is 6.09 Å². The Hall–Kier alpha value is -1.25. The van der Waals surface area contributed by atoms with Crippen molar-refractivity contribution in [3.63, 3.8) is 0 Å². The van der Waals surface area contributed by atoms with Gasteiger partial charge < -0.3 is 9.64 Å². The summed E-state index contributed by atoms with van der Waals surface area (Å²) in [4.78, 5) is 13.0. The quantitative estimate of drug-likeness (QED) is 0.642. The molecule has 1 rings (SSSR count). The number of rotatable bonds is 1. The van der Waals surface area contributed by atoms with Crippen LogP contribution in [0, 0.1) is 0 Å². The Kier molecular flexibility index (Phi) is 3.74. The first-order chi connectivity index (χ1) is 6.69. The highest BCUT2D eigenvalue weighted by Gasteiger charge is 2.18. The molecule has 14 heavy (non-hydrogen) atoms. The van der Waals surface area contributed by atoms with E-state index in [0.717, 1.165) is 13.0 Å². The maximum absolute atomic E-state index is 11.3. The second kappa shape index (κ2) is 4.84. The van der Waals surface area contributed by atoms with Gasteiger partial charge in [0.05, 0.1) is 7.11 Å². The van der Waals surface area contributed by atoms with E-state index in [1.165, 1.54) is 18.3 Å². The Morgan fingerprint density at radius 3 is 2.93 bits per heavy atom. The average Bonchev–Trinajstić information content (AvgIpc) is 2.27. The first-order valence-corrected chi connectivity index (χ1v) is 4.84. The Morgan fingerprint density at radius 1 is 1.64 bits per heavy atom. The van der Waals surface area contributed by atoms with E-state index in [9.17, 15) is 4.79 Å². The molecule has 0 bridgehead atoms. The Morgan fingerprint density at radius 2 is 2.36 bits per heavy atom. The zero-order chi connectivity index (χ0) is 10.6. The fourth-order valence-electron chi connectivity index (χ4n) is 1.50. The molecule has 0 unspecified atom stereocenters. The zero-order valence-corrected chi connectivity index (χ0v) is 9.04. The van der Waals surface area contributed by atoms with Crippen LogP contribution in [0.4, 0.5) is 4.79 Å². The normalized spacial score (nSPS) is 17.8. The highest BCUT2D eigenvalue weighted by molar-refractivity contribution is 5.68. The standard InChI is InChI=1S/C11H17NO2/c1-4-9(2)10-6-5-7-12(8-10)11(13)14-3/h4,6H,5,7-8H2,1-3H3/b9-4-. The molecule has 0 saturated heterocycles. The molecule has 0 atom stereocenters. The second-order valence-electron chi connectivity index (χ2n) is 3.38.